The highest BCUT2D eigenvalue weighted by molar-refractivity contribution is 5.81. The summed E-state index contributed by atoms with van der Waals surface area (Å²) in [5, 5.41) is 37.2. The molecule has 13 heteroatoms. The Morgan fingerprint density at radius 3 is 1.77 bits per heavy atom. The molecule has 3 aromatic rings. The van der Waals surface area contributed by atoms with Crippen molar-refractivity contribution in [2.24, 2.45) is 10.2 Å². The number of rotatable bonds is 8. The summed E-state index contributed by atoms with van der Waals surface area (Å²) >= 11 is 0. The van der Waals surface area contributed by atoms with Crippen LogP contribution in [0.5, 0.6) is 0 Å². The smallest absolute Gasteiger partial charge is 0.260 e. The van der Waals surface area contributed by atoms with E-state index in [0.717, 1.165) is 0 Å². The fourth-order valence-electron chi connectivity index (χ4n) is 2.23. The molecule has 0 aliphatic heterocycles. The lowest BCUT2D eigenvalue weighted by atomic mass is 10.2. The molecule has 31 heavy (non-hydrogen) atoms. The zero-order chi connectivity index (χ0) is 22.2. The molecule has 2 N–H and O–H groups in total. The van der Waals surface area contributed by atoms with Gasteiger partial charge in [0.15, 0.2) is 5.82 Å². The number of hydrogen-bond acceptors (Lipinski definition) is 11. The molecule has 1 heterocycles. The minimum Gasteiger partial charge on any atom is -0.260 e. The normalized spacial score (nSPS) is 11.0. The first kappa shape index (κ1) is 20.9. The van der Waals surface area contributed by atoms with E-state index >= 15 is 0 Å². The molecule has 0 bridgehead atoms. The number of benzene rings is 2. The number of aryl methyl sites for hydroxylation is 1. The van der Waals surface area contributed by atoms with Gasteiger partial charge >= 0.3 is 0 Å². The molecule has 0 aliphatic rings. The molecule has 0 saturated heterocycles. The molecule has 0 radical (unpaired) electrons. The van der Waals surface area contributed by atoms with Crippen LogP contribution in [0.15, 0.2) is 58.7 Å². The van der Waals surface area contributed by atoms with Crippen molar-refractivity contribution in [1.29, 1.82) is 0 Å². The number of anilines is 2. The second kappa shape index (κ2) is 9.60. The molecule has 3 rings (SSSR count). The molecule has 0 saturated carbocycles. The molecule has 0 atom stereocenters. The lowest BCUT2D eigenvalue weighted by Crippen LogP contribution is -2.05. The summed E-state index contributed by atoms with van der Waals surface area (Å²) in [6.45, 7) is 1.69. The van der Waals surface area contributed by atoms with Crippen LogP contribution >= 0.6 is 0 Å². The van der Waals surface area contributed by atoms with Gasteiger partial charge in [-0.1, -0.05) is 0 Å². The van der Waals surface area contributed by atoms with E-state index in [1.165, 1.54) is 36.7 Å². The lowest BCUT2D eigenvalue weighted by molar-refractivity contribution is -0.385. The largest absolute Gasteiger partial charge is 0.269 e. The van der Waals surface area contributed by atoms with Crippen LogP contribution < -0.4 is 10.9 Å². The van der Waals surface area contributed by atoms with Crippen LogP contribution in [0.1, 0.15) is 16.8 Å². The Kier molecular flexibility index (Phi) is 6.47. The highest BCUT2D eigenvalue weighted by Gasteiger charge is 2.06. The standard InChI is InChI=1S/C18H15N9O4/c1-12-17(23-19-10-13-2-6-15(7-3-13)26(28)29)21-18(25-22-12)24-20-11-14-4-8-16(9-5-14)27(30)31/h2-11H,1H3,(H2,21,23,24,25)/b19-10+,20-11+. The molecule has 2 aromatic carbocycles. The first-order valence-electron chi connectivity index (χ1n) is 8.71. The van der Waals surface area contributed by atoms with Gasteiger partial charge in [-0.25, -0.2) is 5.43 Å². The van der Waals surface area contributed by atoms with Crippen molar-refractivity contribution < 1.29 is 9.85 Å². The molecule has 156 valence electrons. The van der Waals surface area contributed by atoms with E-state index < -0.39 is 9.85 Å². The SMILES string of the molecule is Cc1nnc(N/N=C/c2ccc([N+](=O)[O-])cc2)nc1N/N=C/c1ccc([N+](=O)[O-])cc1. The van der Waals surface area contributed by atoms with Crippen LogP contribution in [0.2, 0.25) is 0 Å². The van der Waals surface area contributed by atoms with Gasteiger partial charge in [-0.15, -0.1) is 10.2 Å². The average Bonchev–Trinajstić information content (AvgIpc) is 2.76. The van der Waals surface area contributed by atoms with Gasteiger partial charge in [-0.3, -0.25) is 25.7 Å². The average molecular weight is 421 g/mol. The zero-order valence-electron chi connectivity index (χ0n) is 16.0. The van der Waals surface area contributed by atoms with Crippen LogP contribution in [0.4, 0.5) is 23.1 Å². The van der Waals surface area contributed by atoms with Crippen molar-refractivity contribution in [3.63, 3.8) is 0 Å². The third-order valence-corrected chi connectivity index (χ3v) is 3.83. The van der Waals surface area contributed by atoms with Crippen molar-refractivity contribution in [2.45, 2.75) is 6.92 Å². The fourth-order valence-corrected chi connectivity index (χ4v) is 2.23. The molecule has 0 spiro atoms. The Morgan fingerprint density at radius 1 is 0.806 bits per heavy atom. The third kappa shape index (κ3) is 5.83. The van der Waals surface area contributed by atoms with Crippen molar-refractivity contribution in [3.05, 3.63) is 85.6 Å². The number of nitrogens with zero attached hydrogens (tertiary/aromatic N) is 7. The maximum absolute atomic E-state index is 10.7. The van der Waals surface area contributed by atoms with Gasteiger partial charge < -0.3 is 0 Å². The van der Waals surface area contributed by atoms with Crippen molar-refractivity contribution in [1.82, 2.24) is 15.2 Å². The van der Waals surface area contributed by atoms with Gasteiger partial charge in [0, 0.05) is 24.3 Å². The molecule has 13 nitrogen and oxygen atoms in total. The Labute approximate surface area is 174 Å². The second-order valence-corrected chi connectivity index (χ2v) is 6.01. The number of hydrogen-bond donors (Lipinski definition) is 2. The van der Waals surface area contributed by atoms with E-state index in [1.54, 1.807) is 31.2 Å². The predicted octanol–water partition coefficient (Wildman–Crippen LogP) is 2.89. The van der Waals surface area contributed by atoms with E-state index in [4.69, 9.17) is 0 Å². The number of non-ortho nitro benzene ring substituents is 2. The van der Waals surface area contributed by atoms with E-state index in [-0.39, 0.29) is 17.3 Å². The Morgan fingerprint density at radius 2 is 1.29 bits per heavy atom. The topological polar surface area (TPSA) is 174 Å². The molecule has 1 aromatic heterocycles. The van der Waals surface area contributed by atoms with E-state index in [0.29, 0.717) is 22.6 Å². The van der Waals surface area contributed by atoms with Gasteiger partial charge in [0.25, 0.3) is 17.3 Å². The third-order valence-electron chi connectivity index (χ3n) is 3.83. The Balaban J connectivity index is 1.61. The molecular formula is C18H15N9O4. The highest BCUT2D eigenvalue weighted by Crippen LogP contribution is 2.13. The van der Waals surface area contributed by atoms with Gasteiger partial charge in [0.2, 0.25) is 0 Å². The highest BCUT2D eigenvalue weighted by atomic mass is 16.6. The molecule has 0 unspecified atom stereocenters. The lowest BCUT2D eigenvalue weighted by Gasteiger charge is -2.04. The summed E-state index contributed by atoms with van der Waals surface area (Å²) in [7, 11) is 0. The number of aromatic nitrogens is 3. The first-order chi connectivity index (χ1) is 14.9. The number of hydrazone groups is 2. The first-order valence-corrected chi connectivity index (χ1v) is 8.71. The predicted molar refractivity (Wildman–Crippen MR) is 113 cm³/mol. The molecule has 0 aliphatic carbocycles. The summed E-state index contributed by atoms with van der Waals surface area (Å²) in [6.07, 6.45) is 2.93. The molecule has 0 fully saturated rings. The van der Waals surface area contributed by atoms with Gasteiger partial charge in [0.05, 0.1) is 22.3 Å². The van der Waals surface area contributed by atoms with Gasteiger partial charge in [-0.2, -0.15) is 15.2 Å². The van der Waals surface area contributed by atoms with Crippen LogP contribution in [-0.4, -0.2) is 37.5 Å². The van der Waals surface area contributed by atoms with Crippen molar-refractivity contribution in [3.8, 4) is 0 Å². The molecule has 0 amide bonds. The zero-order valence-corrected chi connectivity index (χ0v) is 16.0. The number of nitro benzene ring substituents is 2. The summed E-state index contributed by atoms with van der Waals surface area (Å²) in [5.74, 6) is 0.443. The quantitative estimate of drug-likeness (QED) is 0.315. The molecular weight excluding hydrogens is 406 g/mol. The minimum atomic E-state index is -0.483. The second-order valence-electron chi connectivity index (χ2n) is 6.01. The van der Waals surface area contributed by atoms with Gasteiger partial charge in [-0.05, 0) is 42.3 Å². The monoisotopic (exact) mass is 421 g/mol. The summed E-state index contributed by atoms with van der Waals surface area (Å²) in [6, 6.07) is 11.7. The van der Waals surface area contributed by atoms with Crippen molar-refractivity contribution in [2.75, 3.05) is 10.9 Å². The Hall–Kier alpha value is -4.81. The van der Waals surface area contributed by atoms with Crippen LogP contribution in [0, 0.1) is 27.2 Å². The van der Waals surface area contributed by atoms with Crippen LogP contribution in [0.25, 0.3) is 0 Å². The summed E-state index contributed by atoms with van der Waals surface area (Å²) < 4.78 is 0. The van der Waals surface area contributed by atoms with Gasteiger partial charge in [0.1, 0.15) is 5.69 Å². The van der Waals surface area contributed by atoms with Crippen LogP contribution in [-0.2, 0) is 0 Å². The Bertz CT molecular complexity index is 1150. The van der Waals surface area contributed by atoms with E-state index in [2.05, 4.69) is 36.2 Å². The minimum absolute atomic E-state index is 0.00838. The van der Waals surface area contributed by atoms with Crippen LogP contribution in [0.3, 0.4) is 0 Å². The van der Waals surface area contributed by atoms with E-state index in [1.807, 2.05) is 0 Å². The van der Waals surface area contributed by atoms with Crippen molar-refractivity contribution >= 4 is 35.6 Å². The fraction of sp³-hybridized carbons (Fsp3) is 0.0556. The maximum atomic E-state index is 10.7. The summed E-state index contributed by atoms with van der Waals surface area (Å²) in [5.41, 5.74) is 7.12. The summed E-state index contributed by atoms with van der Waals surface area (Å²) in [4.78, 5) is 24.6. The van der Waals surface area contributed by atoms with E-state index in [9.17, 15) is 20.2 Å². The number of nitro groups is 2. The maximum Gasteiger partial charge on any atom is 0.269 e. The number of nitrogens with one attached hydrogen (secondary N) is 2.